The van der Waals surface area contributed by atoms with Crippen LogP contribution in [0.1, 0.15) is 21.6 Å². The Balaban J connectivity index is 2.42. The van der Waals surface area contributed by atoms with Crippen molar-refractivity contribution in [2.45, 2.75) is 6.92 Å². The maximum atomic E-state index is 13.1. The van der Waals surface area contributed by atoms with Crippen LogP contribution in [0.15, 0.2) is 29.1 Å². The van der Waals surface area contributed by atoms with Gasteiger partial charge in [0.2, 0.25) is 5.78 Å². The van der Waals surface area contributed by atoms with Crippen molar-refractivity contribution in [2.24, 2.45) is 0 Å². The van der Waals surface area contributed by atoms with Gasteiger partial charge in [-0.05, 0) is 30.7 Å². The van der Waals surface area contributed by atoms with Crippen molar-refractivity contribution in [1.29, 1.82) is 0 Å². The standard InChI is InChI=1S/C11H8FNOS/c1-7-2-8(4-9(12)3-7)11(14)10-5-15-6-13-10/h2-6H,1H3. The molecule has 1 aromatic heterocycles. The number of carbonyl (C=O) groups is 1. The topological polar surface area (TPSA) is 30.0 Å². The number of carbonyl (C=O) groups excluding carboxylic acids is 1. The van der Waals surface area contributed by atoms with Gasteiger partial charge in [-0.15, -0.1) is 11.3 Å². The number of benzene rings is 1. The molecule has 0 bridgehead atoms. The number of ketones is 1. The highest BCUT2D eigenvalue weighted by Gasteiger charge is 2.12. The molecule has 1 aromatic carbocycles. The minimum atomic E-state index is -0.395. The molecule has 0 saturated carbocycles. The van der Waals surface area contributed by atoms with Crippen LogP contribution in [0.2, 0.25) is 0 Å². The molecule has 0 atom stereocenters. The number of hydrogen-bond acceptors (Lipinski definition) is 3. The van der Waals surface area contributed by atoms with Crippen LogP contribution in [0.3, 0.4) is 0 Å². The first-order valence-electron chi connectivity index (χ1n) is 4.37. The van der Waals surface area contributed by atoms with Crippen molar-refractivity contribution < 1.29 is 9.18 Å². The first-order chi connectivity index (χ1) is 7.16. The van der Waals surface area contributed by atoms with Gasteiger partial charge >= 0.3 is 0 Å². The van der Waals surface area contributed by atoms with Crippen LogP contribution in [-0.2, 0) is 0 Å². The predicted molar refractivity (Wildman–Crippen MR) is 56.7 cm³/mol. The van der Waals surface area contributed by atoms with E-state index in [-0.39, 0.29) is 5.78 Å². The Morgan fingerprint density at radius 3 is 2.80 bits per heavy atom. The van der Waals surface area contributed by atoms with E-state index < -0.39 is 5.82 Å². The van der Waals surface area contributed by atoms with Gasteiger partial charge in [-0.1, -0.05) is 0 Å². The number of hydrogen-bond donors (Lipinski definition) is 0. The van der Waals surface area contributed by atoms with E-state index >= 15 is 0 Å². The zero-order valence-corrected chi connectivity index (χ0v) is 8.84. The number of nitrogens with zero attached hydrogens (tertiary/aromatic N) is 1. The molecule has 0 aliphatic heterocycles. The molecule has 0 amide bonds. The van der Waals surface area contributed by atoms with Gasteiger partial charge in [-0.3, -0.25) is 4.79 Å². The van der Waals surface area contributed by atoms with Crippen molar-refractivity contribution in [3.8, 4) is 0 Å². The molecule has 4 heteroatoms. The smallest absolute Gasteiger partial charge is 0.212 e. The second kappa shape index (κ2) is 3.90. The van der Waals surface area contributed by atoms with E-state index in [1.54, 1.807) is 23.9 Å². The molecule has 2 nitrogen and oxygen atoms in total. The van der Waals surface area contributed by atoms with E-state index in [1.165, 1.54) is 23.5 Å². The lowest BCUT2D eigenvalue weighted by Gasteiger charge is -2.00. The summed E-state index contributed by atoms with van der Waals surface area (Å²) in [6.07, 6.45) is 0. The summed E-state index contributed by atoms with van der Waals surface area (Å²) in [5, 5.41) is 1.66. The van der Waals surface area contributed by atoms with E-state index in [1.807, 2.05) is 0 Å². The van der Waals surface area contributed by atoms with Gasteiger partial charge in [0.15, 0.2) is 0 Å². The fourth-order valence-corrected chi connectivity index (χ4v) is 1.87. The largest absolute Gasteiger partial charge is 0.287 e. The zero-order chi connectivity index (χ0) is 10.8. The maximum absolute atomic E-state index is 13.1. The minimum Gasteiger partial charge on any atom is -0.287 e. The van der Waals surface area contributed by atoms with Crippen LogP contribution in [0.5, 0.6) is 0 Å². The third-order valence-corrected chi connectivity index (χ3v) is 2.56. The molecule has 0 N–H and O–H groups in total. The summed E-state index contributed by atoms with van der Waals surface area (Å²) in [6.45, 7) is 1.75. The molecule has 0 spiro atoms. The van der Waals surface area contributed by atoms with Crippen molar-refractivity contribution >= 4 is 17.1 Å². The molecule has 2 aromatic rings. The lowest BCUT2D eigenvalue weighted by molar-refractivity contribution is 0.103. The van der Waals surface area contributed by atoms with E-state index in [0.29, 0.717) is 11.3 Å². The first-order valence-corrected chi connectivity index (χ1v) is 5.31. The lowest BCUT2D eigenvalue weighted by Crippen LogP contribution is -2.02. The normalized spacial score (nSPS) is 10.3. The molecule has 0 aliphatic rings. The van der Waals surface area contributed by atoms with Gasteiger partial charge in [0.1, 0.15) is 11.5 Å². The second-order valence-electron chi connectivity index (χ2n) is 3.22. The summed E-state index contributed by atoms with van der Waals surface area (Å²) >= 11 is 1.35. The van der Waals surface area contributed by atoms with Gasteiger partial charge in [-0.2, -0.15) is 0 Å². The molecule has 15 heavy (non-hydrogen) atoms. The Morgan fingerprint density at radius 1 is 1.40 bits per heavy atom. The molecule has 0 radical (unpaired) electrons. The highest BCUT2D eigenvalue weighted by Crippen LogP contribution is 2.13. The summed E-state index contributed by atoms with van der Waals surface area (Å²) in [6, 6.07) is 4.28. The average molecular weight is 221 g/mol. The predicted octanol–water partition coefficient (Wildman–Crippen LogP) is 2.82. The maximum Gasteiger partial charge on any atom is 0.212 e. The molecule has 0 aliphatic carbocycles. The van der Waals surface area contributed by atoms with Gasteiger partial charge in [-0.25, -0.2) is 9.37 Å². The summed E-state index contributed by atoms with van der Waals surface area (Å²) in [5.41, 5.74) is 3.02. The summed E-state index contributed by atoms with van der Waals surface area (Å²) in [4.78, 5) is 15.7. The number of aryl methyl sites for hydroxylation is 1. The van der Waals surface area contributed by atoms with Crippen LogP contribution in [-0.4, -0.2) is 10.8 Å². The van der Waals surface area contributed by atoms with Crippen molar-refractivity contribution in [3.63, 3.8) is 0 Å². The van der Waals surface area contributed by atoms with Crippen molar-refractivity contribution in [1.82, 2.24) is 4.98 Å². The van der Waals surface area contributed by atoms with Gasteiger partial charge in [0.05, 0.1) is 5.51 Å². The van der Waals surface area contributed by atoms with Crippen molar-refractivity contribution in [2.75, 3.05) is 0 Å². The first kappa shape index (κ1) is 9.98. The SMILES string of the molecule is Cc1cc(F)cc(C(=O)c2cscn2)c1. The lowest BCUT2D eigenvalue weighted by atomic mass is 10.1. The number of aromatic nitrogens is 1. The highest BCUT2D eigenvalue weighted by atomic mass is 32.1. The Bertz CT molecular complexity index is 473. The fourth-order valence-electron chi connectivity index (χ4n) is 1.34. The van der Waals surface area contributed by atoms with Crippen LogP contribution in [0.4, 0.5) is 4.39 Å². The Labute approximate surface area is 90.4 Å². The van der Waals surface area contributed by atoms with Gasteiger partial charge in [0.25, 0.3) is 0 Å². The fraction of sp³-hybridized carbons (Fsp3) is 0.0909. The average Bonchev–Trinajstić information content (AvgIpc) is 2.67. The van der Waals surface area contributed by atoms with E-state index in [4.69, 9.17) is 0 Å². The van der Waals surface area contributed by atoms with Crippen LogP contribution >= 0.6 is 11.3 Å². The summed E-state index contributed by atoms with van der Waals surface area (Å²) < 4.78 is 13.1. The Kier molecular flexibility index (Phi) is 2.60. The van der Waals surface area contributed by atoms with Crippen molar-refractivity contribution in [3.05, 3.63) is 51.7 Å². The third kappa shape index (κ3) is 2.10. The molecular weight excluding hydrogens is 213 g/mol. The monoisotopic (exact) mass is 221 g/mol. The quantitative estimate of drug-likeness (QED) is 0.730. The van der Waals surface area contributed by atoms with Gasteiger partial charge in [0, 0.05) is 10.9 Å². The van der Waals surface area contributed by atoms with Crippen LogP contribution < -0.4 is 0 Å². The highest BCUT2D eigenvalue weighted by molar-refractivity contribution is 7.07. The van der Waals surface area contributed by atoms with Crippen LogP contribution in [0, 0.1) is 12.7 Å². The minimum absolute atomic E-state index is 0.237. The third-order valence-electron chi connectivity index (χ3n) is 1.97. The Morgan fingerprint density at radius 2 is 2.20 bits per heavy atom. The Hall–Kier alpha value is -1.55. The molecule has 76 valence electrons. The summed E-state index contributed by atoms with van der Waals surface area (Å²) in [7, 11) is 0. The van der Waals surface area contributed by atoms with E-state index in [0.717, 1.165) is 5.56 Å². The summed E-state index contributed by atoms with van der Waals surface area (Å²) in [5.74, 6) is -0.632. The van der Waals surface area contributed by atoms with Gasteiger partial charge < -0.3 is 0 Å². The van der Waals surface area contributed by atoms with E-state index in [2.05, 4.69) is 4.98 Å². The zero-order valence-electron chi connectivity index (χ0n) is 8.03. The second-order valence-corrected chi connectivity index (χ2v) is 3.94. The molecule has 0 saturated heterocycles. The molecular formula is C11H8FNOS. The number of thiazole rings is 1. The van der Waals surface area contributed by atoms with E-state index in [9.17, 15) is 9.18 Å². The molecule has 0 unspecified atom stereocenters. The number of rotatable bonds is 2. The van der Waals surface area contributed by atoms with Crippen LogP contribution in [0.25, 0.3) is 0 Å². The molecule has 1 heterocycles. The number of halogens is 1. The molecule has 2 rings (SSSR count). The molecule has 0 fully saturated rings.